The summed E-state index contributed by atoms with van der Waals surface area (Å²) in [6, 6.07) is 9.98. The molecule has 36 heavy (non-hydrogen) atoms. The quantitative estimate of drug-likeness (QED) is 0.361. The largest absolute Gasteiger partial charge is 0.370 e. The molecule has 5 N–H and O–H groups in total. The third-order valence-corrected chi connectivity index (χ3v) is 5.62. The Morgan fingerprint density at radius 3 is 2.14 bits per heavy atom. The van der Waals surface area contributed by atoms with E-state index >= 15 is 0 Å². The van der Waals surface area contributed by atoms with Gasteiger partial charge in [0.15, 0.2) is 0 Å². The maximum atomic E-state index is 12.7. The summed E-state index contributed by atoms with van der Waals surface area (Å²) in [5, 5.41) is 7.70. The van der Waals surface area contributed by atoms with E-state index in [4.69, 9.17) is 5.73 Å². The zero-order valence-electron chi connectivity index (χ0n) is 20.1. The zero-order valence-corrected chi connectivity index (χ0v) is 20.1. The van der Waals surface area contributed by atoms with Crippen LogP contribution < -0.4 is 21.7 Å². The number of nitrogens with two attached hydrogens (primary N) is 1. The van der Waals surface area contributed by atoms with Gasteiger partial charge in [0.25, 0.3) is 5.91 Å². The number of nitrogens with one attached hydrogen (secondary N) is 3. The Labute approximate surface area is 208 Å². The number of fused-ring (bicyclic) bond motifs is 3. The number of primary amides is 1. The second-order valence-corrected chi connectivity index (χ2v) is 8.91. The van der Waals surface area contributed by atoms with Crippen LogP contribution in [-0.4, -0.2) is 54.3 Å². The van der Waals surface area contributed by atoms with E-state index in [-0.39, 0.29) is 35.4 Å². The summed E-state index contributed by atoms with van der Waals surface area (Å²) < 4.78 is 0. The van der Waals surface area contributed by atoms with Crippen molar-refractivity contribution in [2.75, 3.05) is 13.1 Å². The fourth-order valence-electron chi connectivity index (χ4n) is 3.76. The lowest BCUT2D eigenvalue weighted by Crippen LogP contribution is -2.50. The molecule has 1 aliphatic rings. The van der Waals surface area contributed by atoms with Gasteiger partial charge in [0.05, 0.1) is 6.54 Å². The van der Waals surface area contributed by atoms with Crippen LogP contribution in [-0.2, 0) is 14.4 Å². The number of Topliss-reactive ketones (excluding diaryl/α,β-unsaturated/α-hetero) is 2. The van der Waals surface area contributed by atoms with E-state index < -0.39 is 47.8 Å². The molecule has 0 saturated carbocycles. The van der Waals surface area contributed by atoms with Gasteiger partial charge in [-0.1, -0.05) is 38.1 Å². The maximum Gasteiger partial charge on any atom is 0.251 e. The summed E-state index contributed by atoms with van der Waals surface area (Å²) in [4.78, 5) is 73.5. The van der Waals surface area contributed by atoms with Crippen molar-refractivity contribution in [3.8, 4) is 11.1 Å². The molecule has 2 aromatic rings. The number of hydrogen-bond acceptors (Lipinski definition) is 6. The Bertz CT molecular complexity index is 1240. The summed E-state index contributed by atoms with van der Waals surface area (Å²) >= 11 is 0. The number of benzene rings is 2. The third kappa shape index (κ3) is 6.21. The average Bonchev–Trinajstić information content (AvgIpc) is 2.86. The average molecular weight is 493 g/mol. The van der Waals surface area contributed by atoms with Crippen molar-refractivity contribution in [2.24, 2.45) is 11.7 Å². The normalized spacial score (nSPS) is 12.9. The van der Waals surface area contributed by atoms with Crippen LogP contribution in [0.4, 0.5) is 0 Å². The Kier molecular flexibility index (Phi) is 8.31. The first kappa shape index (κ1) is 26.3. The van der Waals surface area contributed by atoms with Gasteiger partial charge in [-0.25, -0.2) is 0 Å². The lowest BCUT2D eigenvalue weighted by molar-refractivity contribution is -0.129. The van der Waals surface area contributed by atoms with Crippen molar-refractivity contribution in [3.05, 3.63) is 59.2 Å². The molecule has 0 unspecified atom stereocenters. The molecule has 188 valence electrons. The Morgan fingerprint density at radius 1 is 0.861 bits per heavy atom. The van der Waals surface area contributed by atoms with Crippen LogP contribution in [0, 0.1) is 5.92 Å². The molecule has 2 aromatic carbocycles. The fourth-order valence-corrected chi connectivity index (χ4v) is 3.76. The second kappa shape index (κ2) is 11.4. The van der Waals surface area contributed by atoms with E-state index in [2.05, 4.69) is 16.0 Å². The molecule has 0 aromatic heterocycles. The highest BCUT2D eigenvalue weighted by Gasteiger charge is 2.30. The first-order valence-electron chi connectivity index (χ1n) is 11.5. The van der Waals surface area contributed by atoms with Crippen LogP contribution in [0.5, 0.6) is 0 Å². The molecular formula is C26H28N4O6. The van der Waals surface area contributed by atoms with Gasteiger partial charge in [0, 0.05) is 29.7 Å². The highest BCUT2D eigenvalue weighted by molar-refractivity contribution is 6.53. The molecule has 0 fully saturated rings. The standard InChI is InChI=1S/C26H28N4O6/c1-14(2)12-28-26(36)20(9-10-21(27)31)30-22(32)13-29-25(35)15-7-8-18-19(11-15)16-5-3-4-6-17(16)23(33)24(18)34/h3-8,11,14,20H,9-10,12-13H2,1-2H3,(H2,27,31)(H,28,36)(H,29,35)(H,30,32)/t20-/m0/s1. The molecule has 4 amide bonds. The van der Waals surface area contributed by atoms with Crippen LogP contribution in [0.3, 0.4) is 0 Å². The van der Waals surface area contributed by atoms with E-state index in [0.29, 0.717) is 17.7 Å². The number of amides is 4. The predicted octanol–water partition coefficient (Wildman–Crippen LogP) is 0.985. The molecule has 10 nitrogen and oxygen atoms in total. The van der Waals surface area contributed by atoms with E-state index in [0.717, 1.165) is 0 Å². The first-order chi connectivity index (χ1) is 17.1. The van der Waals surface area contributed by atoms with Crippen LogP contribution in [0.15, 0.2) is 42.5 Å². The topological polar surface area (TPSA) is 165 Å². The van der Waals surface area contributed by atoms with Gasteiger partial charge in [-0.05, 0) is 41.7 Å². The smallest absolute Gasteiger partial charge is 0.251 e. The second-order valence-electron chi connectivity index (χ2n) is 8.91. The molecule has 10 heteroatoms. The minimum Gasteiger partial charge on any atom is -0.370 e. The minimum absolute atomic E-state index is 0.0237. The van der Waals surface area contributed by atoms with E-state index in [1.165, 1.54) is 18.2 Å². The molecule has 1 atom stereocenters. The van der Waals surface area contributed by atoms with E-state index in [1.54, 1.807) is 24.3 Å². The van der Waals surface area contributed by atoms with Crippen molar-refractivity contribution < 1.29 is 28.8 Å². The number of hydrogen-bond donors (Lipinski definition) is 4. The van der Waals surface area contributed by atoms with Gasteiger partial charge < -0.3 is 21.7 Å². The van der Waals surface area contributed by atoms with Gasteiger partial charge in [-0.3, -0.25) is 28.8 Å². The van der Waals surface area contributed by atoms with Crippen molar-refractivity contribution in [2.45, 2.75) is 32.7 Å². The Hall–Kier alpha value is -4.34. The van der Waals surface area contributed by atoms with Gasteiger partial charge in [-0.2, -0.15) is 0 Å². The Balaban J connectivity index is 1.67. The Morgan fingerprint density at radius 2 is 1.50 bits per heavy atom. The van der Waals surface area contributed by atoms with Crippen molar-refractivity contribution in [1.29, 1.82) is 0 Å². The summed E-state index contributed by atoms with van der Waals surface area (Å²) in [6.07, 6.45) is -0.0693. The third-order valence-electron chi connectivity index (χ3n) is 5.62. The summed E-state index contributed by atoms with van der Waals surface area (Å²) in [5.41, 5.74) is 6.85. The van der Waals surface area contributed by atoms with Crippen molar-refractivity contribution >= 4 is 35.2 Å². The molecule has 0 spiro atoms. The number of carbonyl (C=O) groups is 6. The number of ketones is 2. The van der Waals surface area contributed by atoms with Crippen molar-refractivity contribution in [1.82, 2.24) is 16.0 Å². The molecular weight excluding hydrogens is 464 g/mol. The monoisotopic (exact) mass is 492 g/mol. The van der Waals surface area contributed by atoms with Crippen LogP contribution in [0.2, 0.25) is 0 Å². The fraction of sp³-hybridized carbons (Fsp3) is 0.308. The van der Waals surface area contributed by atoms with Crippen LogP contribution in [0.1, 0.15) is 57.8 Å². The van der Waals surface area contributed by atoms with E-state index in [1.807, 2.05) is 13.8 Å². The molecule has 0 bridgehead atoms. The van der Waals surface area contributed by atoms with Gasteiger partial charge in [0.2, 0.25) is 29.3 Å². The number of carbonyl (C=O) groups excluding carboxylic acids is 6. The molecule has 0 radical (unpaired) electrons. The maximum absolute atomic E-state index is 12.7. The molecule has 1 aliphatic carbocycles. The molecule has 0 aliphatic heterocycles. The number of rotatable bonds is 10. The summed E-state index contributed by atoms with van der Waals surface area (Å²) in [5.74, 6) is -3.30. The predicted molar refractivity (Wildman–Crippen MR) is 131 cm³/mol. The highest BCUT2D eigenvalue weighted by Crippen LogP contribution is 2.33. The molecule has 0 saturated heterocycles. The highest BCUT2D eigenvalue weighted by atomic mass is 16.2. The van der Waals surface area contributed by atoms with Gasteiger partial charge in [-0.15, -0.1) is 0 Å². The lowest BCUT2D eigenvalue weighted by atomic mass is 9.83. The van der Waals surface area contributed by atoms with Crippen LogP contribution in [0.25, 0.3) is 11.1 Å². The SMILES string of the molecule is CC(C)CNC(=O)[C@H](CCC(N)=O)NC(=O)CNC(=O)c1ccc2c(c1)-c1ccccc1C(=O)C2=O. The summed E-state index contributed by atoms with van der Waals surface area (Å²) in [7, 11) is 0. The van der Waals surface area contributed by atoms with Gasteiger partial charge in [0.1, 0.15) is 6.04 Å². The lowest BCUT2D eigenvalue weighted by Gasteiger charge is -2.19. The van der Waals surface area contributed by atoms with Crippen LogP contribution >= 0.6 is 0 Å². The first-order valence-corrected chi connectivity index (χ1v) is 11.5. The van der Waals surface area contributed by atoms with Crippen molar-refractivity contribution in [3.63, 3.8) is 0 Å². The summed E-state index contributed by atoms with van der Waals surface area (Å²) in [6.45, 7) is 3.81. The molecule has 3 rings (SSSR count). The van der Waals surface area contributed by atoms with E-state index in [9.17, 15) is 28.8 Å². The zero-order chi connectivity index (χ0) is 26.4. The minimum atomic E-state index is -0.982. The molecule has 0 heterocycles. The van der Waals surface area contributed by atoms with Gasteiger partial charge >= 0.3 is 0 Å².